The molecule has 0 aliphatic carbocycles. The number of nitrogens with one attached hydrogen (secondary N) is 1. The molecular weight excluding hydrogens is 464 g/mol. The molecule has 1 heterocycles. The maximum atomic E-state index is 12.5. The average Bonchev–Trinajstić information content (AvgIpc) is 3.16. The number of halogens is 3. The molecule has 158 valence electrons. The van der Waals surface area contributed by atoms with Crippen molar-refractivity contribution in [2.45, 2.75) is 20.3 Å². The van der Waals surface area contributed by atoms with Gasteiger partial charge in [0.15, 0.2) is 18.2 Å². The lowest BCUT2D eigenvalue weighted by molar-refractivity contribution is -0.0514. The molecule has 0 bridgehead atoms. The van der Waals surface area contributed by atoms with Crippen molar-refractivity contribution >= 4 is 27.5 Å². The van der Waals surface area contributed by atoms with Gasteiger partial charge >= 0.3 is 6.61 Å². The van der Waals surface area contributed by atoms with E-state index in [1.54, 1.807) is 13.1 Å². The van der Waals surface area contributed by atoms with E-state index in [1.807, 2.05) is 24.3 Å². The van der Waals surface area contributed by atoms with Crippen LogP contribution < -0.4 is 19.5 Å². The number of carbonyl (C=O) groups excluding carboxylic acids is 1. The number of nitrogens with zero attached hydrogens (tertiary/aromatic N) is 2. The maximum absolute atomic E-state index is 12.5. The van der Waals surface area contributed by atoms with Gasteiger partial charge in [-0.05, 0) is 49.4 Å². The van der Waals surface area contributed by atoms with Crippen LogP contribution in [0, 0.1) is 0 Å². The summed E-state index contributed by atoms with van der Waals surface area (Å²) in [5.41, 5.74) is 0.671. The van der Waals surface area contributed by atoms with Crippen LogP contribution in [-0.2, 0) is 6.73 Å². The molecule has 0 aliphatic rings. The van der Waals surface area contributed by atoms with Crippen LogP contribution in [0.2, 0.25) is 0 Å². The Morgan fingerprint density at radius 1 is 1.17 bits per heavy atom. The number of rotatable bonds is 9. The van der Waals surface area contributed by atoms with Gasteiger partial charge in [-0.2, -0.15) is 13.9 Å². The maximum Gasteiger partial charge on any atom is 0.387 e. The zero-order valence-electron chi connectivity index (χ0n) is 15.8. The average molecular weight is 482 g/mol. The number of aromatic nitrogens is 2. The number of carbonyl (C=O) groups is 1. The molecule has 0 atom stereocenters. The monoisotopic (exact) mass is 481 g/mol. The number of benzene rings is 2. The molecule has 1 amide bonds. The quantitative estimate of drug-likeness (QED) is 0.468. The summed E-state index contributed by atoms with van der Waals surface area (Å²) >= 11 is 3.35. The standard InChI is InChI=1S/C20H18BrF2N3O4/c1-2-28-18-9-13(3-8-17(18)30-20(22)23)19(27)25-15-10-24-26(11-15)12-29-16-6-4-14(21)5-7-16/h3-11,20H,2,12H2,1H3,(H,25,27). The molecule has 0 saturated carbocycles. The molecule has 0 saturated heterocycles. The van der Waals surface area contributed by atoms with E-state index in [0.717, 1.165) is 4.47 Å². The zero-order valence-corrected chi connectivity index (χ0v) is 17.4. The van der Waals surface area contributed by atoms with Crippen molar-refractivity contribution in [3.8, 4) is 17.2 Å². The topological polar surface area (TPSA) is 74.6 Å². The molecule has 0 radical (unpaired) electrons. The molecule has 0 unspecified atom stereocenters. The highest BCUT2D eigenvalue weighted by Crippen LogP contribution is 2.30. The Labute approximate surface area is 179 Å². The van der Waals surface area contributed by atoms with Crippen LogP contribution in [0.5, 0.6) is 17.2 Å². The van der Waals surface area contributed by atoms with Crippen molar-refractivity contribution in [1.29, 1.82) is 0 Å². The van der Waals surface area contributed by atoms with Gasteiger partial charge in [0.1, 0.15) is 5.75 Å². The van der Waals surface area contributed by atoms with E-state index in [1.165, 1.54) is 29.1 Å². The van der Waals surface area contributed by atoms with Gasteiger partial charge in [-0.25, -0.2) is 4.68 Å². The van der Waals surface area contributed by atoms with Crippen molar-refractivity contribution < 1.29 is 27.8 Å². The first-order valence-corrected chi connectivity index (χ1v) is 9.67. The zero-order chi connectivity index (χ0) is 21.5. The third-order valence-corrected chi connectivity index (χ3v) is 4.32. The molecule has 0 spiro atoms. The number of hydrogen-bond acceptors (Lipinski definition) is 5. The predicted molar refractivity (Wildman–Crippen MR) is 109 cm³/mol. The van der Waals surface area contributed by atoms with Crippen LogP contribution in [0.1, 0.15) is 17.3 Å². The fourth-order valence-corrected chi connectivity index (χ4v) is 2.75. The summed E-state index contributed by atoms with van der Waals surface area (Å²) < 4.78 is 42.8. The first-order valence-electron chi connectivity index (χ1n) is 8.88. The predicted octanol–water partition coefficient (Wildman–Crippen LogP) is 4.93. The van der Waals surface area contributed by atoms with E-state index < -0.39 is 12.5 Å². The van der Waals surface area contributed by atoms with Gasteiger partial charge in [-0.3, -0.25) is 4.79 Å². The molecule has 3 rings (SSSR count). The summed E-state index contributed by atoms with van der Waals surface area (Å²) in [5, 5.41) is 6.81. The first kappa shape index (κ1) is 21.6. The first-order chi connectivity index (χ1) is 14.4. The third kappa shape index (κ3) is 5.93. The molecule has 7 nitrogen and oxygen atoms in total. The Morgan fingerprint density at radius 3 is 2.63 bits per heavy atom. The second kappa shape index (κ2) is 10.1. The van der Waals surface area contributed by atoms with Crippen LogP contribution in [0.4, 0.5) is 14.5 Å². The summed E-state index contributed by atoms with van der Waals surface area (Å²) in [4.78, 5) is 12.5. The summed E-state index contributed by atoms with van der Waals surface area (Å²) in [6.45, 7) is -0.903. The molecule has 10 heteroatoms. The van der Waals surface area contributed by atoms with E-state index in [4.69, 9.17) is 9.47 Å². The molecule has 1 aromatic heterocycles. The number of hydrogen-bond donors (Lipinski definition) is 1. The Kier molecular flexibility index (Phi) is 7.23. The SMILES string of the molecule is CCOc1cc(C(=O)Nc2cnn(COc3ccc(Br)cc3)c2)ccc1OC(F)F. The van der Waals surface area contributed by atoms with Crippen LogP contribution in [0.15, 0.2) is 59.3 Å². The molecule has 0 aliphatic heterocycles. The smallest absolute Gasteiger partial charge is 0.387 e. The minimum atomic E-state index is -2.99. The van der Waals surface area contributed by atoms with Gasteiger partial charge in [0.05, 0.1) is 24.7 Å². The van der Waals surface area contributed by atoms with Gasteiger partial charge in [0, 0.05) is 10.0 Å². The van der Waals surface area contributed by atoms with Crippen molar-refractivity contribution in [3.63, 3.8) is 0 Å². The molecule has 3 aromatic rings. The molecule has 1 N–H and O–H groups in total. The van der Waals surface area contributed by atoms with Crippen LogP contribution >= 0.6 is 15.9 Å². The second-order valence-corrected chi connectivity index (χ2v) is 6.84. The Bertz CT molecular complexity index is 996. The Morgan fingerprint density at radius 2 is 1.93 bits per heavy atom. The molecule has 0 fully saturated rings. The highest BCUT2D eigenvalue weighted by Gasteiger charge is 2.15. The minimum Gasteiger partial charge on any atom is -0.490 e. The van der Waals surface area contributed by atoms with Gasteiger partial charge < -0.3 is 19.5 Å². The van der Waals surface area contributed by atoms with E-state index >= 15 is 0 Å². The number of alkyl halides is 2. The van der Waals surface area contributed by atoms with Crippen LogP contribution in [-0.4, -0.2) is 28.9 Å². The summed E-state index contributed by atoms with van der Waals surface area (Å²) in [5.74, 6) is 0.145. The van der Waals surface area contributed by atoms with Crippen LogP contribution in [0.3, 0.4) is 0 Å². The Hall–Kier alpha value is -3.14. The fraction of sp³-hybridized carbons (Fsp3) is 0.200. The normalized spacial score (nSPS) is 10.7. The summed E-state index contributed by atoms with van der Waals surface area (Å²) in [6.07, 6.45) is 3.08. The van der Waals surface area contributed by atoms with E-state index in [9.17, 15) is 13.6 Å². The third-order valence-electron chi connectivity index (χ3n) is 3.79. The number of anilines is 1. The van der Waals surface area contributed by atoms with Crippen molar-refractivity contribution in [2.75, 3.05) is 11.9 Å². The number of amides is 1. The number of ether oxygens (including phenoxy) is 3. The Balaban J connectivity index is 1.63. The molecule has 2 aromatic carbocycles. The second-order valence-electron chi connectivity index (χ2n) is 5.92. The lowest BCUT2D eigenvalue weighted by Crippen LogP contribution is -2.12. The van der Waals surface area contributed by atoms with Crippen LogP contribution in [0.25, 0.3) is 0 Å². The van der Waals surface area contributed by atoms with Gasteiger partial charge in [-0.15, -0.1) is 0 Å². The lowest BCUT2D eigenvalue weighted by Gasteiger charge is -2.12. The largest absolute Gasteiger partial charge is 0.490 e. The van der Waals surface area contributed by atoms with Gasteiger partial charge in [-0.1, -0.05) is 15.9 Å². The van der Waals surface area contributed by atoms with Crippen molar-refractivity contribution in [3.05, 3.63) is 64.9 Å². The molecule has 30 heavy (non-hydrogen) atoms. The van der Waals surface area contributed by atoms with E-state index in [0.29, 0.717) is 11.4 Å². The highest BCUT2D eigenvalue weighted by atomic mass is 79.9. The minimum absolute atomic E-state index is 0.0593. The highest BCUT2D eigenvalue weighted by molar-refractivity contribution is 9.10. The summed E-state index contributed by atoms with van der Waals surface area (Å²) in [7, 11) is 0. The fourth-order valence-electron chi connectivity index (χ4n) is 2.48. The van der Waals surface area contributed by atoms with Gasteiger partial charge in [0.25, 0.3) is 5.91 Å². The van der Waals surface area contributed by atoms with Crippen molar-refractivity contribution in [1.82, 2.24) is 9.78 Å². The van der Waals surface area contributed by atoms with E-state index in [2.05, 4.69) is 31.1 Å². The van der Waals surface area contributed by atoms with E-state index in [-0.39, 0.29) is 30.4 Å². The van der Waals surface area contributed by atoms with Crippen molar-refractivity contribution in [2.24, 2.45) is 0 Å². The van der Waals surface area contributed by atoms with Gasteiger partial charge in [0.2, 0.25) is 0 Å². The lowest BCUT2D eigenvalue weighted by atomic mass is 10.2. The molecular formula is C20H18BrF2N3O4. The summed E-state index contributed by atoms with van der Waals surface area (Å²) in [6, 6.07) is 11.3.